The number of sulfonamides is 1. The van der Waals surface area contributed by atoms with Crippen LogP contribution in [0.15, 0.2) is 29.3 Å². The summed E-state index contributed by atoms with van der Waals surface area (Å²) in [4.78, 5) is 8.81. The summed E-state index contributed by atoms with van der Waals surface area (Å²) in [6, 6.07) is 8.74. The van der Waals surface area contributed by atoms with E-state index in [2.05, 4.69) is 44.2 Å². The van der Waals surface area contributed by atoms with Crippen molar-refractivity contribution < 1.29 is 8.42 Å². The maximum absolute atomic E-state index is 11.5. The summed E-state index contributed by atoms with van der Waals surface area (Å²) >= 11 is 0. The molecule has 0 bridgehead atoms. The molecule has 0 saturated carbocycles. The number of benzene rings is 1. The average molecular weight is 538 g/mol. The number of nitrogens with zero attached hydrogens (tertiary/aromatic N) is 3. The van der Waals surface area contributed by atoms with Gasteiger partial charge < -0.3 is 15.1 Å². The molecule has 1 aliphatic heterocycles. The molecule has 29 heavy (non-hydrogen) atoms. The molecule has 1 aromatic rings. The Bertz CT molecular complexity index is 760. The number of nitrogens with one attached hydrogen (secondary N) is 2. The van der Waals surface area contributed by atoms with Crippen LogP contribution in [0.4, 0.5) is 5.69 Å². The van der Waals surface area contributed by atoms with Gasteiger partial charge in [0.05, 0.1) is 6.26 Å². The lowest BCUT2D eigenvalue weighted by Gasteiger charge is -2.30. The highest BCUT2D eigenvalue weighted by atomic mass is 127. The third-order valence-corrected chi connectivity index (χ3v) is 5.72. The van der Waals surface area contributed by atoms with E-state index in [-0.39, 0.29) is 24.0 Å². The number of hydrogen-bond acceptors (Lipinski definition) is 4. The zero-order chi connectivity index (χ0) is 20.8. The highest BCUT2D eigenvalue weighted by molar-refractivity contribution is 14.0. The van der Waals surface area contributed by atoms with E-state index in [0.29, 0.717) is 6.54 Å². The molecule has 2 rings (SSSR count). The minimum Gasteiger partial charge on any atom is -0.372 e. The van der Waals surface area contributed by atoms with Gasteiger partial charge in [0.15, 0.2) is 5.96 Å². The molecule has 0 aliphatic carbocycles. The number of aliphatic imine (C=N–C) groups is 1. The number of guanidine groups is 1. The van der Waals surface area contributed by atoms with Gasteiger partial charge in [0.2, 0.25) is 10.0 Å². The smallest absolute Gasteiger partial charge is 0.209 e. The molecule has 0 unspecified atom stereocenters. The Morgan fingerprint density at radius 3 is 2.28 bits per heavy atom. The van der Waals surface area contributed by atoms with Gasteiger partial charge in [-0.15, -0.1) is 24.0 Å². The van der Waals surface area contributed by atoms with Crippen LogP contribution in [-0.4, -0.2) is 64.8 Å². The summed E-state index contributed by atoms with van der Waals surface area (Å²) < 4.78 is 25.6. The maximum atomic E-state index is 11.5. The van der Waals surface area contributed by atoms with Crippen LogP contribution in [0.5, 0.6) is 0 Å². The fourth-order valence-corrected chi connectivity index (χ4v) is 4.61. The summed E-state index contributed by atoms with van der Waals surface area (Å²) in [5.74, 6) is 0.725. The Morgan fingerprint density at radius 2 is 1.76 bits per heavy atom. The highest BCUT2D eigenvalue weighted by Gasteiger charge is 2.23. The van der Waals surface area contributed by atoms with Gasteiger partial charge in [-0.05, 0) is 50.8 Å². The van der Waals surface area contributed by atoms with E-state index in [1.165, 1.54) is 36.8 Å². The predicted molar refractivity (Wildman–Crippen MR) is 133 cm³/mol. The van der Waals surface area contributed by atoms with Crippen molar-refractivity contribution in [3.05, 3.63) is 29.8 Å². The van der Waals surface area contributed by atoms with E-state index >= 15 is 0 Å². The molecule has 0 radical (unpaired) electrons. The highest BCUT2D eigenvalue weighted by Crippen LogP contribution is 2.20. The molecule has 166 valence electrons. The second-order valence-corrected chi connectivity index (χ2v) is 9.98. The Labute approximate surface area is 193 Å². The van der Waals surface area contributed by atoms with Gasteiger partial charge in [-0.25, -0.2) is 13.1 Å². The van der Waals surface area contributed by atoms with Crippen LogP contribution in [0.1, 0.15) is 38.7 Å². The first-order valence-corrected chi connectivity index (χ1v) is 11.7. The third kappa shape index (κ3) is 9.08. The van der Waals surface area contributed by atoms with Gasteiger partial charge in [-0.3, -0.25) is 4.99 Å². The van der Waals surface area contributed by atoms with Crippen molar-refractivity contribution in [2.75, 3.05) is 44.9 Å². The van der Waals surface area contributed by atoms with Gasteiger partial charge in [-0.2, -0.15) is 0 Å². The van der Waals surface area contributed by atoms with Gasteiger partial charge >= 0.3 is 0 Å². The van der Waals surface area contributed by atoms with Crippen LogP contribution in [0.25, 0.3) is 0 Å². The second kappa shape index (κ2) is 11.4. The molecule has 1 fully saturated rings. The average Bonchev–Trinajstić information content (AvgIpc) is 2.61. The lowest BCUT2D eigenvalue weighted by Crippen LogP contribution is -2.53. The summed E-state index contributed by atoms with van der Waals surface area (Å²) in [6.07, 6.45) is 5.05. The summed E-state index contributed by atoms with van der Waals surface area (Å²) in [6.45, 7) is 7.13. The van der Waals surface area contributed by atoms with Crippen molar-refractivity contribution in [2.24, 2.45) is 4.99 Å². The van der Waals surface area contributed by atoms with Gasteiger partial charge in [0.1, 0.15) is 0 Å². The first-order valence-electron chi connectivity index (χ1n) is 9.84. The molecule has 2 N–H and O–H groups in total. The zero-order valence-corrected chi connectivity index (χ0v) is 21.4. The monoisotopic (exact) mass is 537 g/mol. The molecule has 0 atom stereocenters. The van der Waals surface area contributed by atoms with Crippen molar-refractivity contribution in [2.45, 2.75) is 45.2 Å². The number of halogens is 1. The summed E-state index contributed by atoms with van der Waals surface area (Å²) in [7, 11) is 0.442. The fourth-order valence-electron chi connectivity index (χ4n) is 3.54. The fraction of sp³-hybridized carbons (Fsp3) is 0.650. The van der Waals surface area contributed by atoms with Crippen molar-refractivity contribution in [1.29, 1.82) is 0 Å². The van der Waals surface area contributed by atoms with E-state index in [1.54, 1.807) is 7.05 Å². The maximum Gasteiger partial charge on any atom is 0.209 e. The van der Waals surface area contributed by atoms with Crippen LogP contribution in [-0.2, 0) is 16.6 Å². The molecule has 0 spiro atoms. The minimum atomic E-state index is -3.27. The molecule has 1 aliphatic rings. The van der Waals surface area contributed by atoms with Gasteiger partial charge in [0.25, 0.3) is 0 Å². The molecule has 0 aromatic heterocycles. The van der Waals surface area contributed by atoms with Crippen LogP contribution < -0.4 is 14.9 Å². The predicted octanol–water partition coefficient (Wildman–Crippen LogP) is 2.63. The lowest BCUT2D eigenvalue weighted by molar-refractivity contribution is 0.422. The van der Waals surface area contributed by atoms with Crippen molar-refractivity contribution in [3.63, 3.8) is 0 Å². The number of piperidine rings is 1. The second-order valence-electron chi connectivity index (χ2n) is 8.23. The van der Waals surface area contributed by atoms with Crippen LogP contribution in [0, 0.1) is 0 Å². The molecule has 1 saturated heterocycles. The van der Waals surface area contributed by atoms with Crippen LogP contribution in [0.2, 0.25) is 0 Å². The Balaban J connectivity index is 0.00000420. The largest absolute Gasteiger partial charge is 0.372 e. The third-order valence-electron chi connectivity index (χ3n) is 4.80. The topological polar surface area (TPSA) is 77.0 Å². The van der Waals surface area contributed by atoms with Crippen molar-refractivity contribution in [3.8, 4) is 0 Å². The van der Waals surface area contributed by atoms with Crippen LogP contribution in [0.3, 0.4) is 0 Å². The Kier molecular flexibility index (Phi) is 10.2. The van der Waals surface area contributed by atoms with Crippen molar-refractivity contribution in [1.82, 2.24) is 14.9 Å². The van der Waals surface area contributed by atoms with Crippen molar-refractivity contribution >= 4 is 45.6 Å². The molecule has 1 heterocycles. The quantitative estimate of drug-likeness (QED) is 0.318. The Hall–Kier alpha value is -1.07. The first kappa shape index (κ1) is 26.0. The van der Waals surface area contributed by atoms with E-state index in [0.717, 1.165) is 25.6 Å². The van der Waals surface area contributed by atoms with Gasteiger partial charge in [0, 0.05) is 51.5 Å². The first-order chi connectivity index (χ1) is 13.1. The number of hydrogen-bond donors (Lipinski definition) is 2. The zero-order valence-electron chi connectivity index (χ0n) is 18.2. The lowest BCUT2D eigenvalue weighted by atomic mass is 10.1. The molecule has 0 amide bonds. The van der Waals surface area contributed by atoms with Gasteiger partial charge in [-0.1, -0.05) is 12.1 Å². The molecule has 7 nitrogen and oxygen atoms in total. The number of anilines is 1. The molecule has 9 heteroatoms. The molecular weight excluding hydrogens is 501 g/mol. The number of rotatable bonds is 7. The van der Waals surface area contributed by atoms with Crippen LogP contribution >= 0.6 is 24.0 Å². The van der Waals surface area contributed by atoms with E-state index in [1.807, 2.05) is 25.8 Å². The summed E-state index contributed by atoms with van der Waals surface area (Å²) in [5.41, 5.74) is 1.89. The van der Waals surface area contributed by atoms with E-state index in [4.69, 9.17) is 0 Å². The summed E-state index contributed by atoms with van der Waals surface area (Å²) in [5, 5.41) is 3.26. The molecule has 1 aromatic carbocycles. The molecular formula is C20H36IN5O2S. The SMILES string of the molecule is CN=C(NCC(C)(C)NS(C)(=O)=O)N(C)Cc1ccc(N2CCCCC2)cc1.I. The van der Waals surface area contributed by atoms with E-state index in [9.17, 15) is 8.42 Å². The van der Waals surface area contributed by atoms with E-state index < -0.39 is 15.6 Å². The minimum absolute atomic E-state index is 0. The normalized spacial score (nSPS) is 15.6. The standard InChI is InChI=1S/C20H35N5O2S.HI/c1-20(2,23-28(5,26)27)16-22-19(21-3)24(4)15-17-9-11-18(12-10-17)25-13-7-6-8-14-25;/h9-12,23H,6-8,13-16H2,1-5H3,(H,21,22);1H. The Morgan fingerprint density at radius 1 is 1.17 bits per heavy atom.